The van der Waals surface area contributed by atoms with Crippen molar-refractivity contribution in [1.82, 2.24) is 5.06 Å². The molecule has 7 nitrogen and oxygen atoms in total. The first-order valence-electron chi connectivity index (χ1n) is 7.37. The van der Waals surface area contributed by atoms with Gasteiger partial charge in [0.25, 0.3) is 0 Å². The van der Waals surface area contributed by atoms with Crippen LogP contribution in [0.4, 0.5) is 0 Å². The predicted molar refractivity (Wildman–Crippen MR) is 72.2 cm³/mol. The van der Waals surface area contributed by atoms with Gasteiger partial charge in [0.05, 0.1) is 18.2 Å². The largest absolute Gasteiger partial charge is 0.390 e. The van der Waals surface area contributed by atoms with Gasteiger partial charge in [0.1, 0.15) is 12.2 Å². The van der Waals surface area contributed by atoms with Crippen LogP contribution in [0.2, 0.25) is 0 Å². The van der Waals surface area contributed by atoms with Crippen LogP contribution in [-0.2, 0) is 23.8 Å². The Morgan fingerprint density at radius 1 is 1.05 bits per heavy atom. The zero-order valence-corrected chi connectivity index (χ0v) is 13.2. The molecule has 0 radical (unpaired) electrons. The van der Waals surface area contributed by atoms with Crippen molar-refractivity contribution in [2.24, 2.45) is 0 Å². The molecule has 0 spiro atoms. The Bertz CT molecular complexity index is 407. The van der Waals surface area contributed by atoms with Crippen molar-refractivity contribution in [1.29, 1.82) is 0 Å². The zero-order valence-electron chi connectivity index (χ0n) is 13.2. The molecule has 2 heterocycles. The lowest BCUT2D eigenvalue weighted by Gasteiger charge is -2.54. The Morgan fingerprint density at radius 2 is 1.62 bits per heavy atom. The summed E-state index contributed by atoms with van der Waals surface area (Å²) in [7, 11) is 4.99. The van der Waals surface area contributed by atoms with E-state index in [1.54, 1.807) is 28.1 Å². The topological polar surface area (TPSA) is 69.6 Å². The number of methoxy groups -OCH3 is 2. The van der Waals surface area contributed by atoms with Crippen LogP contribution in [0, 0.1) is 0 Å². The second-order valence-electron chi connectivity index (χ2n) is 6.34. The van der Waals surface area contributed by atoms with Crippen molar-refractivity contribution < 1.29 is 28.9 Å². The minimum Gasteiger partial charge on any atom is -0.390 e. The maximum atomic E-state index is 10.5. The number of likely N-dealkylation sites (N-methyl/N-ethyl adjacent to an activating group) is 1. The number of hydrogen-bond donors (Lipinski definition) is 1. The van der Waals surface area contributed by atoms with Crippen molar-refractivity contribution in [2.75, 3.05) is 21.3 Å². The lowest BCUT2D eigenvalue weighted by atomic mass is 9.96. The Labute approximate surface area is 125 Å². The van der Waals surface area contributed by atoms with Crippen LogP contribution >= 0.6 is 0 Å². The molecule has 3 rings (SSSR count). The van der Waals surface area contributed by atoms with Crippen LogP contribution in [-0.4, -0.2) is 73.5 Å². The fourth-order valence-corrected chi connectivity index (χ4v) is 3.59. The number of fused-ring (bicyclic) bond motifs is 4. The van der Waals surface area contributed by atoms with E-state index >= 15 is 0 Å². The van der Waals surface area contributed by atoms with E-state index in [4.69, 9.17) is 23.8 Å². The molecule has 7 atom stereocenters. The Kier molecular flexibility index (Phi) is 3.81. The highest BCUT2D eigenvalue weighted by molar-refractivity contribution is 5.02. The lowest BCUT2D eigenvalue weighted by Crippen LogP contribution is -2.69. The molecule has 21 heavy (non-hydrogen) atoms. The van der Waals surface area contributed by atoms with Crippen LogP contribution in [0.25, 0.3) is 0 Å². The summed E-state index contributed by atoms with van der Waals surface area (Å²) in [5.74, 6) is -2.15. The number of aliphatic hydroxyl groups excluding tert-OH is 1. The smallest absolute Gasteiger partial charge is 0.220 e. The van der Waals surface area contributed by atoms with Crippen LogP contribution in [0.15, 0.2) is 0 Å². The monoisotopic (exact) mass is 303 g/mol. The van der Waals surface area contributed by atoms with E-state index in [2.05, 4.69) is 0 Å². The van der Waals surface area contributed by atoms with Gasteiger partial charge < -0.3 is 24.1 Å². The minimum atomic E-state index is -1.09. The summed E-state index contributed by atoms with van der Waals surface area (Å²) < 4.78 is 23.4. The van der Waals surface area contributed by atoms with Crippen molar-refractivity contribution in [3.63, 3.8) is 0 Å². The SMILES string of the molecule is CO[C@@]1(C)O[C@H]2[C@H](O[C@]1(C)OC)[C@@H](O)C[C@@H]1C[C@H]2N(C)O1. The number of rotatable bonds is 2. The highest BCUT2D eigenvalue weighted by atomic mass is 16.8. The molecule has 2 bridgehead atoms. The van der Waals surface area contributed by atoms with Crippen LogP contribution in [0.5, 0.6) is 0 Å². The Balaban J connectivity index is 1.95. The van der Waals surface area contributed by atoms with Crippen LogP contribution < -0.4 is 0 Å². The molecule has 3 aliphatic rings. The first-order valence-corrected chi connectivity index (χ1v) is 7.37. The fourth-order valence-electron chi connectivity index (χ4n) is 3.59. The summed E-state index contributed by atoms with van der Waals surface area (Å²) in [6, 6.07) is 0.0213. The van der Waals surface area contributed by atoms with Crippen molar-refractivity contribution in [3.8, 4) is 0 Å². The zero-order chi connectivity index (χ0) is 15.4. The van der Waals surface area contributed by atoms with E-state index in [9.17, 15) is 5.11 Å². The fraction of sp³-hybridized carbons (Fsp3) is 1.00. The third kappa shape index (κ3) is 2.23. The summed E-state index contributed by atoms with van der Waals surface area (Å²) in [4.78, 5) is 5.73. The van der Waals surface area contributed by atoms with Gasteiger partial charge in [-0.2, -0.15) is 5.06 Å². The molecular weight excluding hydrogens is 278 g/mol. The standard InChI is InChI=1S/C14H25NO6/c1-13(17-4)14(2,18-5)20-12-10(16)7-8-6-9(11(12)19-13)15(3)21-8/h8-12,16H,6-7H2,1-5H3/t8-,9+,10-,11+,12+,13-,14-/m0/s1. The number of nitrogens with zero attached hydrogens (tertiary/aromatic N) is 1. The molecule has 0 amide bonds. The van der Waals surface area contributed by atoms with Gasteiger partial charge in [0.2, 0.25) is 11.6 Å². The van der Waals surface area contributed by atoms with Crippen LogP contribution in [0.1, 0.15) is 26.7 Å². The van der Waals surface area contributed by atoms with Gasteiger partial charge in [-0.3, -0.25) is 4.84 Å². The highest BCUT2D eigenvalue weighted by Crippen LogP contribution is 2.45. The third-order valence-corrected chi connectivity index (χ3v) is 5.20. The van der Waals surface area contributed by atoms with Crippen LogP contribution in [0.3, 0.4) is 0 Å². The minimum absolute atomic E-state index is 0.00426. The first kappa shape index (κ1) is 15.6. The van der Waals surface area contributed by atoms with Crippen molar-refractivity contribution in [2.45, 2.75) is 68.7 Å². The predicted octanol–water partition coefficient (Wildman–Crippen LogP) is 0.265. The maximum absolute atomic E-state index is 10.5. The summed E-state index contributed by atoms with van der Waals surface area (Å²) in [5, 5.41) is 12.3. The molecule has 1 aliphatic carbocycles. The van der Waals surface area contributed by atoms with E-state index < -0.39 is 23.8 Å². The van der Waals surface area contributed by atoms with E-state index in [1.165, 1.54) is 0 Å². The second-order valence-corrected chi connectivity index (χ2v) is 6.34. The molecule has 2 aliphatic heterocycles. The van der Waals surface area contributed by atoms with Crippen molar-refractivity contribution in [3.05, 3.63) is 0 Å². The number of ether oxygens (including phenoxy) is 4. The Morgan fingerprint density at radius 3 is 2.19 bits per heavy atom. The van der Waals surface area contributed by atoms with Crippen molar-refractivity contribution >= 4 is 0 Å². The maximum Gasteiger partial charge on any atom is 0.220 e. The van der Waals surface area contributed by atoms with E-state index in [0.29, 0.717) is 6.42 Å². The van der Waals surface area contributed by atoms with Gasteiger partial charge in [0.15, 0.2) is 0 Å². The average molecular weight is 303 g/mol. The highest BCUT2D eigenvalue weighted by Gasteiger charge is 2.61. The van der Waals surface area contributed by atoms with E-state index in [-0.39, 0.29) is 18.2 Å². The Hall–Kier alpha value is -0.280. The normalized spacial score (nSPS) is 54.3. The third-order valence-electron chi connectivity index (χ3n) is 5.20. The second kappa shape index (κ2) is 5.13. The molecule has 0 unspecified atom stereocenters. The molecule has 0 aromatic heterocycles. The number of hydroxylamine groups is 2. The first-order chi connectivity index (χ1) is 9.83. The molecule has 1 N–H and O–H groups in total. The van der Waals surface area contributed by atoms with Gasteiger partial charge in [-0.15, -0.1) is 0 Å². The van der Waals surface area contributed by atoms with Gasteiger partial charge in [-0.05, 0) is 20.3 Å². The molecule has 7 heteroatoms. The molecule has 3 fully saturated rings. The van der Waals surface area contributed by atoms with E-state index in [1.807, 2.05) is 12.1 Å². The van der Waals surface area contributed by atoms with Gasteiger partial charge in [-0.25, -0.2) is 0 Å². The van der Waals surface area contributed by atoms with Gasteiger partial charge in [-0.1, -0.05) is 0 Å². The molecular formula is C14H25NO6. The summed E-state index contributed by atoms with van der Waals surface area (Å²) >= 11 is 0. The molecule has 0 aromatic carbocycles. The average Bonchev–Trinajstić information content (AvgIpc) is 2.75. The molecule has 122 valence electrons. The van der Waals surface area contributed by atoms with E-state index in [0.717, 1.165) is 6.42 Å². The molecule has 2 saturated heterocycles. The quantitative estimate of drug-likeness (QED) is 0.785. The number of hydrogen-bond acceptors (Lipinski definition) is 7. The molecule has 0 aromatic rings. The lowest BCUT2D eigenvalue weighted by molar-refractivity contribution is -0.460. The molecule has 1 saturated carbocycles. The summed E-state index contributed by atoms with van der Waals surface area (Å²) in [6.45, 7) is 3.56. The number of aliphatic hydroxyl groups is 1. The summed E-state index contributed by atoms with van der Waals surface area (Å²) in [6.07, 6.45) is -0.147. The summed E-state index contributed by atoms with van der Waals surface area (Å²) in [5.41, 5.74) is 0. The van der Waals surface area contributed by atoms with Gasteiger partial charge in [0, 0.05) is 27.7 Å². The van der Waals surface area contributed by atoms with Gasteiger partial charge >= 0.3 is 0 Å².